The average Bonchev–Trinajstić information content (AvgIpc) is 3.31. The summed E-state index contributed by atoms with van der Waals surface area (Å²) in [4.78, 5) is 18.0. The molecule has 1 amide bonds. The van der Waals surface area contributed by atoms with Gasteiger partial charge in [-0.3, -0.25) is 4.79 Å². The first-order valence-electron chi connectivity index (χ1n) is 8.82. The number of nitrogens with zero attached hydrogens (tertiary/aromatic N) is 5. The minimum atomic E-state index is -0.444. The maximum absolute atomic E-state index is 13.2. The van der Waals surface area contributed by atoms with E-state index in [1.807, 2.05) is 49.1 Å². The molecule has 2 aromatic heterocycles. The Labute approximate surface area is 156 Å². The molecule has 1 unspecified atom stereocenters. The molecule has 7 heteroatoms. The van der Waals surface area contributed by atoms with Crippen LogP contribution in [0, 0.1) is 5.92 Å². The Kier molecular flexibility index (Phi) is 4.55. The van der Waals surface area contributed by atoms with Gasteiger partial charge in [0, 0.05) is 23.5 Å². The number of amides is 1. The van der Waals surface area contributed by atoms with E-state index in [-0.39, 0.29) is 11.8 Å². The van der Waals surface area contributed by atoms with Crippen molar-refractivity contribution in [1.29, 1.82) is 0 Å². The third kappa shape index (κ3) is 3.14. The molecule has 0 saturated heterocycles. The molecule has 0 saturated carbocycles. The molecule has 0 fully saturated rings. The van der Waals surface area contributed by atoms with E-state index in [1.165, 1.54) is 15.2 Å². The standard InChI is InChI=1S/C19H21N5OS/c1-13(2)17(19(25)23-10-8-16-15(12-23)9-11-26-16)24-21-18(20-22-24)14-6-4-3-5-7-14/h3-7,9,11,13,17H,8,10,12H2,1-2H3. The molecule has 1 atom stereocenters. The monoisotopic (exact) mass is 367 g/mol. The number of aromatic nitrogens is 4. The topological polar surface area (TPSA) is 63.9 Å². The predicted molar refractivity (Wildman–Crippen MR) is 101 cm³/mol. The Hall–Kier alpha value is -2.54. The van der Waals surface area contributed by atoms with E-state index < -0.39 is 6.04 Å². The van der Waals surface area contributed by atoms with E-state index in [0.29, 0.717) is 12.4 Å². The second kappa shape index (κ2) is 6.99. The van der Waals surface area contributed by atoms with E-state index in [0.717, 1.165) is 18.5 Å². The Balaban J connectivity index is 1.58. The van der Waals surface area contributed by atoms with Crippen LogP contribution < -0.4 is 0 Å². The first kappa shape index (κ1) is 16.9. The van der Waals surface area contributed by atoms with Crippen LogP contribution in [-0.4, -0.2) is 37.6 Å². The number of thiophene rings is 1. The number of rotatable bonds is 4. The number of carbonyl (C=O) groups excluding carboxylic acids is 1. The molecule has 0 N–H and O–H groups in total. The van der Waals surface area contributed by atoms with Crippen molar-refractivity contribution < 1.29 is 4.79 Å². The van der Waals surface area contributed by atoms with Gasteiger partial charge in [-0.15, -0.1) is 21.5 Å². The highest BCUT2D eigenvalue weighted by molar-refractivity contribution is 7.10. The SMILES string of the molecule is CC(C)C(C(=O)N1CCc2sccc2C1)n1nnc(-c2ccccc2)n1. The van der Waals surface area contributed by atoms with Gasteiger partial charge >= 0.3 is 0 Å². The van der Waals surface area contributed by atoms with E-state index in [4.69, 9.17) is 0 Å². The smallest absolute Gasteiger partial charge is 0.249 e. The van der Waals surface area contributed by atoms with Gasteiger partial charge in [0.25, 0.3) is 0 Å². The molecular weight excluding hydrogens is 346 g/mol. The molecule has 1 aliphatic heterocycles. The molecule has 0 aliphatic carbocycles. The van der Waals surface area contributed by atoms with Crippen molar-refractivity contribution >= 4 is 17.2 Å². The highest BCUT2D eigenvalue weighted by Gasteiger charge is 2.33. The van der Waals surface area contributed by atoms with Crippen LogP contribution in [0.4, 0.5) is 0 Å². The van der Waals surface area contributed by atoms with Gasteiger partial charge in [-0.25, -0.2) is 0 Å². The van der Waals surface area contributed by atoms with Gasteiger partial charge in [0.1, 0.15) is 0 Å². The van der Waals surface area contributed by atoms with Crippen molar-refractivity contribution in [1.82, 2.24) is 25.1 Å². The quantitative estimate of drug-likeness (QED) is 0.710. The summed E-state index contributed by atoms with van der Waals surface area (Å²) in [5.74, 6) is 0.681. The van der Waals surface area contributed by atoms with E-state index in [9.17, 15) is 4.79 Å². The third-order valence-electron chi connectivity index (χ3n) is 4.71. The lowest BCUT2D eigenvalue weighted by molar-refractivity contribution is -0.137. The van der Waals surface area contributed by atoms with Gasteiger partial charge in [-0.1, -0.05) is 44.2 Å². The fraction of sp³-hybridized carbons (Fsp3) is 0.368. The van der Waals surface area contributed by atoms with Gasteiger partial charge in [-0.2, -0.15) is 4.80 Å². The summed E-state index contributed by atoms with van der Waals surface area (Å²) in [5.41, 5.74) is 2.16. The Morgan fingerprint density at radius 3 is 2.77 bits per heavy atom. The number of fused-ring (bicyclic) bond motifs is 1. The largest absolute Gasteiger partial charge is 0.336 e. The Morgan fingerprint density at radius 1 is 1.19 bits per heavy atom. The van der Waals surface area contributed by atoms with Gasteiger partial charge in [-0.05, 0) is 34.6 Å². The van der Waals surface area contributed by atoms with E-state index in [2.05, 4.69) is 26.9 Å². The van der Waals surface area contributed by atoms with Gasteiger partial charge in [0.15, 0.2) is 6.04 Å². The average molecular weight is 367 g/mol. The molecule has 0 spiro atoms. The van der Waals surface area contributed by atoms with Gasteiger partial charge < -0.3 is 4.90 Å². The first-order chi connectivity index (χ1) is 12.6. The fourth-order valence-corrected chi connectivity index (χ4v) is 4.21. The molecular formula is C19H21N5OS. The molecule has 26 heavy (non-hydrogen) atoms. The molecule has 3 aromatic rings. The lowest BCUT2D eigenvalue weighted by Crippen LogP contribution is -2.42. The Bertz CT molecular complexity index is 902. The first-order valence-corrected chi connectivity index (χ1v) is 9.70. The molecule has 6 nitrogen and oxygen atoms in total. The van der Waals surface area contributed by atoms with Crippen LogP contribution in [0.2, 0.25) is 0 Å². The summed E-state index contributed by atoms with van der Waals surface area (Å²) in [6.45, 7) is 5.46. The third-order valence-corrected chi connectivity index (χ3v) is 5.74. The van der Waals surface area contributed by atoms with Crippen LogP contribution in [0.25, 0.3) is 11.4 Å². The number of benzene rings is 1. The number of hydrogen-bond donors (Lipinski definition) is 0. The van der Waals surface area contributed by atoms with Crippen molar-refractivity contribution in [2.24, 2.45) is 5.92 Å². The molecule has 1 aromatic carbocycles. The molecule has 0 radical (unpaired) electrons. The second-order valence-corrected chi connectivity index (χ2v) is 7.87. The van der Waals surface area contributed by atoms with Crippen molar-refractivity contribution in [2.75, 3.05) is 6.54 Å². The lowest BCUT2D eigenvalue weighted by Gasteiger charge is -2.31. The molecule has 4 rings (SSSR count). The zero-order valence-electron chi connectivity index (χ0n) is 14.9. The summed E-state index contributed by atoms with van der Waals surface area (Å²) in [6.07, 6.45) is 0.920. The zero-order valence-corrected chi connectivity index (χ0v) is 15.7. The van der Waals surface area contributed by atoms with Crippen molar-refractivity contribution in [3.8, 4) is 11.4 Å². The van der Waals surface area contributed by atoms with Crippen molar-refractivity contribution in [3.05, 3.63) is 52.2 Å². The maximum Gasteiger partial charge on any atom is 0.249 e. The molecule has 134 valence electrons. The molecule has 1 aliphatic rings. The highest BCUT2D eigenvalue weighted by atomic mass is 32.1. The summed E-state index contributed by atoms with van der Waals surface area (Å²) in [5, 5.41) is 15.0. The second-order valence-electron chi connectivity index (χ2n) is 6.87. The van der Waals surface area contributed by atoms with Crippen LogP contribution in [0.5, 0.6) is 0 Å². The van der Waals surface area contributed by atoms with Crippen LogP contribution in [0.15, 0.2) is 41.8 Å². The van der Waals surface area contributed by atoms with E-state index >= 15 is 0 Å². The molecule has 3 heterocycles. The van der Waals surface area contributed by atoms with Crippen molar-refractivity contribution in [3.63, 3.8) is 0 Å². The normalized spacial score (nSPS) is 15.1. The summed E-state index contributed by atoms with van der Waals surface area (Å²) >= 11 is 1.77. The lowest BCUT2D eigenvalue weighted by atomic mass is 10.0. The van der Waals surface area contributed by atoms with E-state index in [1.54, 1.807) is 11.3 Å². The van der Waals surface area contributed by atoms with Crippen LogP contribution >= 0.6 is 11.3 Å². The summed E-state index contributed by atoms with van der Waals surface area (Å²) in [6, 6.07) is 11.4. The van der Waals surface area contributed by atoms with Gasteiger partial charge in [0.2, 0.25) is 11.7 Å². The minimum absolute atomic E-state index is 0.0638. The number of carbonyl (C=O) groups is 1. The predicted octanol–water partition coefficient (Wildman–Crippen LogP) is 3.18. The number of hydrogen-bond acceptors (Lipinski definition) is 5. The van der Waals surface area contributed by atoms with Crippen molar-refractivity contribution in [2.45, 2.75) is 32.9 Å². The minimum Gasteiger partial charge on any atom is -0.336 e. The molecule has 0 bridgehead atoms. The van der Waals surface area contributed by atoms with Crippen LogP contribution in [-0.2, 0) is 17.8 Å². The van der Waals surface area contributed by atoms with Gasteiger partial charge in [0.05, 0.1) is 0 Å². The summed E-state index contributed by atoms with van der Waals surface area (Å²) < 4.78 is 0. The fourth-order valence-electron chi connectivity index (χ4n) is 3.32. The maximum atomic E-state index is 13.2. The highest BCUT2D eigenvalue weighted by Crippen LogP contribution is 2.27. The van der Waals surface area contributed by atoms with Crippen LogP contribution in [0.1, 0.15) is 30.3 Å². The zero-order chi connectivity index (χ0) is 18.1. The number of tetrazole rings is 1. The summed E-state index contributed by atoms with van der Waals surface area (Å²) in [7, 11) is 0. The van der Waals surface area contributed by atoms with Crippen LogP contribution in [0.3, 0.4) is 0 Å². The Morgan fingerprint density at radius 2 is 2.00 bits per heavy atom.